The molecular weight excluding hydrogens is 373 g/mol. The lowest BCUT2D eigenvalue weighted by atomic mass is 10.2. The molecule has 2 aromatic rings. The van der Waals surface area contributed by atoms with Gasteiger partial charge in [0.1, 0.15) is 6.61 Å². The minimum absolute atomic E-state index is 0.00337. The number of hydrogen-bond donors (Lipinski definition) is 0. The summed E-state index contributed by atoms with van der Waals surface area (Å²) in [5.41, 5.74) is 0.548. The first-order chi connectivity index (χ1) is 12.7. The van der Waals surface area contributed by atoms with Gasteiger partial charge in [0.2, 0.25) is 10.0 Å². The first-order valence-corrected chi connectivity index (χ1v) is 9.68. The Morgan fingerprint density at radius 1 is 1.19 bits per heavy atom. The third-order valence-electron chi connectivity index (χ3n) is 4.06. The molecule has 0 saturated carbocycles. The number of rotatable bonds is 7. The summed E-state index contributed by atoms with van der Waals surface area (Å²) >= 11 is 0. The Balaban J connectivity index is 2.15. The van der Waals surface area contributed by atoms with Gasteiger partial charge in [-0.2, -0.15) is 4.31 Å². The molecule has 2 rings (SSSR count). The van der Waals surface area contributed by atoms with Gasteiger partial charge in [0.25, 0.3) is 0 Å². The molecule has 0 aromatic heterocycles. The highest BCUT2D eigenvalue weighted by Gasteiger charge is 2.24. The molecule has 0 aliphatic carbocycles. The van der Waals surface area contributed by atoms with Crippen molar-refractivity contribution < 1.29 is 27.1 Å². The van der Waals surface area contributed by atoms with Crippen molar-refractivity contribution in [2.75, 3.05) is 14.2 Å². The van der Waals surface area contributed by atoms with Crippen LogP contribution in [0.4, 0.5) is 4.39 Å². The van der Waals surface area contributed by atoms with Crippen molar-refractivity contribution in [1.29, 1.82) is 0 Å². The van der Waals surface area contributed by atoms with Gasteiger partial charge in [0, 0.05) is 13.1 Å². The molecular formula is C19H22FNO5S. The third-order valence-corrected chi connectivity index (χ3v) is 6.09. The van der Waals surface area contributed by atoms with E-state index in [-0.39, 0.29) is 28.9 Å². The van der Waals surface area contributed by atoms with Gasteiger partial charge in [-0.3, -0.25) is 0 Å². The van der Waals surface area contributed by atoms with Gasteiger partial charge in [0.15, 0.2) is 11.6 Å². The maximum absolute atomic E-state index is 13.7. The molecule has 146 valence electrons. The first-order valence-electron chi connectivity index (χ1n) is 8.24. The fourth-order valence-electron chi connectivity index (χ4n) is 2.26. The smallest absolute Gasteiger partial charge is 0.338 e. The molecule has 0 saturated heterocycles. The summed E-state index contributed by atoms with van der Waals surface area (Å²) in [4.78, 5) is 12.3. The molecule has 6 nitrogen and oxygen atoms in total. The molecule has 0 fully saturated rings. The topological polar surface area (TPSA) is 72.9 Å². The number of hydrogen-bond acceptors (Lipinski definition) is 5. The van der Waals surface area contributed by atoms with Crippen molar-refractivity contribution in [1.82, 2.24) is 4.31 Å². The van der Waals surface area contributed by atoms with E-state index < -0.39 is 21.8 Å². The molecule has 0 aliphatic heterocycles. The zero-order valence-corrected chi connectivity index (χ0v) is 16.4. The molecule has 0 N–H and O–H groups in total. The van der Waals surface area contributed by atoms with Crippen molar-refractivity contribution in [3.8, 4) is 5.75 Å². The molecule has 0 atom stereocenters. The van der Waals surface area contributed by atoms with Gasteiger partial charge in [-0.05, 0) is 49.7 Å². The number of halogens is 1. The molecule has 0 bridgehead atoms. The van der Waals surface area contributed by atoms with Crippen LogP contribution in [-0.4, -0.2) is 38.9 Å². The van der Waals surface area contributed by atoms with Crippen molar-refractivity contribution in [2.24, 2.45) is 0 Å². The number of nitrogens with zero attached hydrogens (tertiary/aromatic N) is 1. The second-order valence-electron chi connectivity index (χ2n) is 6.19. The summed E-state index contributed by atoms with van der Waals surface area (Å²) in [6, 6.07) is 9.63. The molecule has 8 heteroatoms. The van der Waals surface area contributed by atoms with Crippen molar-refractivity contribution >= 4 is 16.0 Å². The van der Waals surface area contributed by atoms with Crippen LogP contribution in [0.25, 0.3) is 0 Å². The second kappa shape index (κ2) is 8.49. The van der Waals surface area contributed by atoms with Gasteiger partial charge in [0.05, 0.1) is 17.6 Å². The number of sulfonamides is 1. The van der Waals surface area contributed by atoms with E-state index in [0.717, 1.165) is 0 Å². The molecule has 2 aromatic carbocycles. The highest BCUT2D eigenvalue weighted by molar-refractivity contribution is 7.89. The van der Waals surface area contributed by atoms with Crippen LogP contribution in [0.1, 0.15) is 29.8 Å². The largest absolute Gasteiger partial charge is 0.494 e. The predicted octanol–water partition coefficient (Wildman–Crippen LogP) is 3.22. The number of benzene rings is 2. The van der Waals surface area contributed by atoms with E-state index in [2.05, 4.69) is 0 Å². The molecule has 27 heavy (non-hydrogen) atoms. The van der Waals surface area contributed by atoms with Crippen LogP contribution in [0.3, 0.4) is 0 Å². The average molecular weight is 395 g/mol. The molecule has 0 unspecified atom stereocenters. The van der Waals surface area contributed by atoms with E-state index in [4.69, 9.17) is 9.47 Å². The lowest BCUT2D eigenvalue weighted by molar-refractivity contribution is 0.0472. The molecule has 0 radical (unpaired) electrons. The van der Waals surface area contributed by atoms with Crippen LogP contribution < -0.4 is 4.74 Å². The summed E-state index contributed by atoms with van der Waals surface area (Å²) in [5, 5.41) is 0. The molecule has 0 heterocycles. The average Bonchev–Trinajstić information content (AvgIpc) is 2.65. The Kier molecular flexibility index (Phi) is 6.56. The zero-order valence-electron chi connectivity index (χ0n) is 15.6. The maximum atomic E-state index is 13.7. The third kappa shape index (κ3) is 4.84. The van der Waals surface area contributed by atoms with Crippen molar-refractivity contribution in [3.63, 3.8) is 0 Å². The standard InChI is InChI=1S/C19H22FNO5S/c1-13(2)21(3)27(23,24)16-7-5-6-15(11-16)19(22)26-12-14-8-9-18(25-4)17(20)10-14/h5-11,13H,12H2,1-4H3. The van der Waals surface area contributed by atoms with Crippen LogP contribution >= 0.6 is 0 Å². The van der Waals surface area contributed by atoms with Gasteiger partial charge >= 0.3 is 5.97 Å². The Labute approximate surface area is 158 Å². The van der Waals surface area contributed by atoms with E-state index in [1.807, 2.05) is 0 Å². The summed E-state index contributed by atoms with van der Waals surface area (Å²) in [6.07, 6.45) is 0. The monoisotopic (exact) mass is 395 g/mol. The molecule has 0 amide bonds. The quantitative estimate of drug-likeness (QED) is 0.673. The van der Waals surface area contributed by atoms with Crippen LogP contribution in [0, 0.1) is 5.82 Å². The van der Waals surface area contributed by atoms with E-state index >= 15 is 0 Å². The number of ether oxygens (including phenoxy) is 2. The Hall–Kier alpha value is -2.45. The fraction of sp³-hybridized carbons (Fsp3) is 0.316. The van der Waals surface area contributed by atoms with Crippen LogP contribution in [0.15, 0.2) is 47.4 Å². The molecule has 0 aliphatic rings. The van der Waals surface area contributed by atoms with E-state index in [1.54, 1.807) is 19.9 Å². The first kappa shape index (κ1) is 20.9. The van der Waals surface area contributed by atoms with Crippen LogP contribution in [0.5, 0.6) is 5.75 Å². The van der Waals surface area contributed by atoms with Gasteiger partial charge in [-0.1, -0.05) is 12.1 Å². The normalized spacial score (nSPS) is 11.7. The Morgan fingerprint density at radius 3 is 2.48 bits per heavy atom. The lowest BCUT2D eigenvalue weighted by Crippen LogP contribution is -2.33. The van der Waals surface area contributed by atoms with Crippen LogP contribution in [-0.2, 0) is 21.4 Å². The SMILES string of the molecule is COc1ccc(COC(=O)c2cccc(S(=O)(=O)N(C)C(C)C)c2)cc1F. The van der Waals surface area contributed by atoms with E-state index in [1.165, 1.54) is 54.9 Å². The summed E-state index contributed by atoms with van der Waals surface area (Å²) in [5.74, 6) is -1.16. The van der Waals surface area contributed by atoms with Crippen molar-refractivity contribution in [2.45, 2.75) is 31.4 Å². The number of esters is 1. The summed E-state index contributed by atoms with van der Waals surface area (Å²) in [6.45, 7) is 3.36. The minimum atomic E-state index is -3.71. The minimum Gasteiger partial charge on any atom is -0.494 e. The number of methoxy groups -OCH3 is 1. The zero-order chi connectivity index (χ0) is 20.2. The Bertz CT molecular complexity index is 927. The van der Waals surface area contributed by atoms with E-state index in [9.17, 15) is 17.6 Å². The molecule has 0 spiro atoms. The highest BCUT2D eigenvalue weighted by Crippen LogP contribution is 2.20. The number of carbonyl (C=O) groups is 1. The maximum Gasteiger partial charge on any atom is 0.338 e. The second-order valence-corrected chi connectivity index (χ2v) is 8.19. The van der Waals surface area contributed by atoms with Gasteiger partial charge < -0.3 is 9.47 Å². The van der Waals surface area contributed by atoms with Crippen molar-refractivity contribution in [3.05, 3.63) is 59.4 Å². The van der Waals surface area contributed by atoms with E-state index in [0.29, 0.717) is 5.56 Å². The summed E-state index contributed by atoms with van der Waals surface area (Å²) < 4.78 is 50.0. The highest BCUT2D eigenvalue weighted by atomic mass is 32.2. The van der Waals surface area contributed by atoms with Gasteiger partial charge in [-0.15, -0.1) is 0 Å². The summed E-state index contributed by atoms with van der Waals surface area (Å²) in [7, 11) is -0.880. The predicted molar refractivity (Wildman–Crippen MR) is 98.6 cm³/mol. The Morgan fingerprint density at radius 2 is 1.89 bits per heavy atom. The fourth-order valence-corrected chi connectivity index (χ4v) is 3.67. The van der Waals surface area contributed by atoms with Crippen LogP contribution in [0.2, 0.25) is 0 Å². The lowest BCUT2D eigenvalue weighted by Gasteiger charge is -2.21. The number of carbonyl (C=O) groups excluding carboxylic acids is 1. The van der Waals surface area contributed by atoms with Gasteiger partial charge in [-0.25, -0.2) is 17.6 Å².